The average molecular weight is 296 g/mol. The lowest BCUT2D eigenvalue weighted by molar-refractivity contribution is 0.0635. The fraction of sp³-hybridized carbons (Fsp3) is 0.600. The third kappa shape index (κ3) is 3.63. The van der Waals surface area contributed by atoms with Gasteiger partial charge in [0.2, 0.25) is 0 Å². The second-order valence-electron chi connectivity index (χ2n) is 5.33. The minimum Gasteiger partial charge on any atom is -0.370 e. The monoisotopic (exact) mass is 295 g/mol. The summed E-state index contributed by atoms with van der Waals surface area (Å²) in [5, 5.41) is 3.54. The van der Waals surface area contributed by atoms with Crippen molar-refractivity contribution in [2.24, 2.45) is 0 Å². The van der Waals surface area contributed by atoms with Gasteiger partial charge in [-0.3, -0.25) is 4.79 Å². The zero-order valence-electron chi connectivity index (χ0n) is 12.2. The Morgan fingerprint density at radius 3 is 3.00 bits per heavy atom. The molecule has 1 unspecified atom stereocenters. The van der Waals surface area contributed by atoms with E-state index in [4.69, 9.17) is 11.6 Å². The van der Waals surface area contributed by atoms with Gasteiger partial charge in [-0.15, -0.1) is 0 Å². The topological polar surface area (TPSA) is 45.2 Å². The molecule has 1 atom stereocenters. The Bertz CT molecular complexity index is 478. The molecule has 1 amide bonds. The van der Waals surface area contributed by atoms with Crippen LogP contribution in [0.25, 0.3) is 0 Å². The van der Waals surface area contributed by atoms with Gasteiger partial charge in [0.25, 0.3) is 5.91 Å². The molecule has 4 nitrogen and oxygen atoms in total. The highest BCUT2D eigenvalue weighted by atomic mass is 35.5. The molecule has 1 aliphatic heterocycles. The lowest BCUT2D eigenvalue weighted by atomic mass is 10.0. The van der Waals surface area contributed by atoms with Crippen molar-refractivity contribution in [1.29, 1.82) is 0 Å². The van der Waals surface area contributed by atoms with Crippen LogP contribution in [-0.2, 0) is 0 Å². The molecule has 0 aliphatic carbocycles. The standard InChI is InChI=1S/C15H22ClN3O/c1-3-7-17-14-10-12(9-13(16)18-14)15(20)19-8-5-4-6-11(19)2/h9-11H,3-8H2,1-2H3,(H,17,18). The molecular formula is C15H22ClN3O. The molecule has 1 aromatic rings. The molecule has 0 bridgehead atoms. The zero-order chi connectivity index (χ0) is 14.5. The first-order valence-electron chi connectivity index (χ1n) is 7.34. The van der Waals surface area contributed by atoms with Gasteiger partial charge in [0.05, 0.1) is 0 Å². The van der Waals surface area contributed by atoms with Gasteiger partial charge in [-0.2, -0.15) is 0 Å². The minimum absolute atomic E-state index is 0.0565. The molecule has 1 fully saturated rings. The van der Waals surface area contributed by atoms with Gasteiger partial charge in [-0.1, -0.05) is 18.5 Å². The van der Waals surface area contributed by atoms with Crippen molar-refractivity contribution >= 4 is 23.3 Å². The van der Waals surface area contributed by atoms with Crippen LogP contribution in [0.3, 0.4) is 0 Å². The van der Waals surface area contributed by atoms with Crippen LogP contribution < -0.4 is 5.32 Å². The van der Waals surface area contributed by atoms with Crippen LogP contribution in [0.5, 0.6) is 0 Å². The number of hydrogen-bond acceptors (Lipinski definition) is 3. The third-order valence-corrected chi connectivity index (χ3v) is 3.85. The summed E-state index contributed by atoms with van der Waals surface area (Å²) in [6, 6.07) is 3.75. The van der Waals surface area contributed by atoms with E-state index in [2.05, 4.69) is 24.1 Å². The highest BCUT2D eigenvalue weighted by Crippen LogP contribution is 2.22. The van der Waals surface area contributed by atoms with Crippen LogP contribution in [0, 0.1) is 0 Å². The largest absolute Gasteiger partial charge is 0.370 e. The van der Waals surface area contributed by atoms with Gasteiger partial charge >= 0.3 is 0 Å². The van der Waals surface area contributed by atoms with Crippen LogP contribution in [-0.4, -0.2) is 34.9 Å². The number of hydrogen-bond donors (Lipinski definition) is 1. The van der Waals surface area contributed by atoms with Crippen molar-refractivity contribution in [3.63, 3.8) is 0 Å². The summed E-state index contributed by atoms with van der Waals surface area (Å²) in [4.78, 5) is 18.7. The van der Waals surface area contributed by atoms with Crippen molar-refractivity contribution in [3.8, 4) is 0 Å². The fourth-order valence-electron chi connectivity index (χ4n) is 2.53. The maximum absolute atomic E-state index is 12.6. The average Bonchev–Trinajstić information content (AvgIpc) is 2.44. The number of carbonyl (C=O) groups excluding carboxylic acids is 1. The number of anilines is 1. The van der Waals surface area contributed by atoms with Crippen molar-refractivity contribution in [3.05, 3.63) is 22.8 Å². The van der Waals surface area contributed by atoms with Crippen LogP contribution in [0.15, 0.2) is 12.1 Å². The molecule has 1 N–H and O–H groups in total. The van der Waals surface area contributed by atoms with E-state index in [0.29, 0.717) is 22.6 Å². The van der Waals surface area contributed by atoms with Crippen LogP contribution >= 0.6 is 11.6 Å². The molecule has 2 rings (SSSR count). The van der Waals surface area contributed by atoms with E-state index in [1.165, 1.54) is 6.42 Å². The molecule has 1 aliphatic rings. The Labute approximate surface area is 125 Å². The zero-order valence-corrected chi connectivity index (χ0v) is 12.9. The first kappa shape index (κ1) is 15.1. The summed E-state index contributed by atoms with van der Waals surface area (Å²) in [7, 11) is 0. The van der Waals surface area contributed by atoms with Gasteiger partial charge in [0.1, 0.15) is 11.0 Å². The summed E-state index contributed by atoms with van der Waals surface area (Å²) in [5.41, 5.74) is 0.623. The van der Waals surface area contributed by atoms with Crippen LogP contribution in [0.1, 0.15) is 49.9 Å². The highest BCUT2D eigenvalue weighted by molar-refractivity contribution is 6.29. The lowest BCUT2D eigenvalue weighted by Crippen LogP contribution is -2.42. The summed E-state index contributed by atoms with van der Waals surface area (Å²) in [6.45, 7) is 5.84. The van der Waals surface area contributed by atoms with E-state index in [9.17, 15) is 4.79 Å². The number of piperidine rings is 1. The summed E-state index contributed by atoms with van der Waals surface area (Å²) in [5.74, 6) is 0.730. The summed E-state index contributed by atoms with van der Waals surface area (Å²) in [6.07, 6.45) is 4.35. The van der Waals surface area contributed by atoms with Gasteiger partial charge in [0, 0.05) is 24.7 Å². The Balaban J connectivity index is 2.18. The van der Waals surface area contributed by atoms with Crippen molar-refractivity contribution in [2.75, 3.05) is 18.4 Å². The number of pyridine rings is 1. The summed E-state index contributed by atoms with van der Waals surface area (Å²) >= 11 is 6.03. The Morgan fingerprint density at radius 2 is 2.30 bits per heavy atom. The SMILES string of the molecule is CCCNc1cc(C(=O)N2CCCCC2C)cc(Cl)n1. The molecule has 0 aromatic carbocycles. The Kier molecular flexibility index (Phi) is 5.24. The molecular weight excluding hydrogens is 274 g/mol. The maximum atomic E-state index is 12.6. The normalized spacial score (nSPS) is 18.9. The first-order chi connectivity index (χ1) is 9.61. The summed E-state index contributed by atoms with van der Waals surface area (Å²) < 4.78 is 0. The molecule has 0 radical (unpaired) electrons. The lowest BCUT2D eigenvalue weighted by Gasteiger charge is -2.33. The molecule has 0 saturated carbocycles. The van der Waals surface area contributed by atoms with Crippen LogP contribution in [0.2, 0.25) is 5.15 Å². The number of nitrogens with one attached hydrogen (secondary N) is 1. The number of nitrogens with zero attached hydrogens (tertiary/aromatic N) is 2. The van der Waals surface area contributed by atoms with Crippen molar-refractivity contribution < 1.29 is 4.79 Å². The van der Waals surface area contributed by atoms with Crippen molar-refractivity contribution in [2.45, 2.75) is 45.6 Å². The number of rotatable bonds is 4. The van der Waals surface area contributed by atoms with Crippen molar-refractivity contribution in [1.82, 2.24) is 9.88 Å². The maximum Gasteiger partial charge on any atom is 0.254 e. The predicted molar refractivity (Wildman–Crippen MR) is 82.4 cm³/mol. The number of carbonyl (C=O) groups is 1. The van der Waals surface area contributed by atoms with Gasteiger partial charge < -0.3 is 10.2 Å². The smallest absolute Gasteiger partial charge is 0.254 e. The third-order valence-electron chi connectivity index (χ3n) is 3.66. The van der Waals surface area contributed by atoms with E-state index in [1.807, 2.05) is 4.90 Å². The number of halogens is 1. The van der Waals surface area contributed by atoms with E-state index in [-0.39, 0.29) is 5.91 Å². The minimum atomic E-state index is 0.0565. The Morgan fingerprint density at radius 1 is 1.50 bits per heavy atom. The molecule has 0 spiro atoms. The van der Waals surface area contributed by atoms with E-state index >= 15 is 0 Å². The van der Waals surface area contributed by atoms with Gasteiger partial charge in [-0.05, 0) is 44.7 Å². The van der Waals surface area contributed by atoms with Gasteiger partial charge in [0.15, 0.2) is 0 Å². The molecule has 20 heavy (non-hydrogen) atoms. The molecule has 1 aromatic heterocycles. The van der Waals surface area contributed by atoms with E-state index in [0.717, 1.165) is 32.4 Å². The van der Waals surface area contributed by atoms with Gasteiger partial charge in [-0.25, -0.2) is 4.98 Å². The second-order valence-corrected chi connectivity index (χ2v) is 5.72. The molecule has 2 heterocycles. The van der Waals surface area contributed by atoms with Crippen LogP contribution in [0.4, 0.5) is 5.82 Å². The number of amides is 1. The quantitative estimate of drug-likeness (QED) is 0.864. The second kappa shape index (κ2) is 6.93. The molecule has 110 valence electrons. The Hall–Kier alpha value is -1.29. The molecule has 1 saturated heterocycles. The molecule has 5 heteroatoms. The first-order valence-corrected chi connectivity index (χ1v) is 7.72. The highest BCUT2D eigenvalue weighted by Gasteiger charge is 2.24. The van der Waals surface area contributed by atoms with E-state index in [1.54, 1.807) is 12.1 Å². The number of likely N-dealkylation sites (tertiary alicyclic amines) is 1. The fourth-order valence-corrected chi connectivity index (χ4v) is 2.74. The van der Waals surface area contributed by atoms with E-state index < -0.39 is 0 Å². The number of aromatic nitrogens is 1. The predicted octanol–water partition coefficient (Wildman–Crippen LogP) is 3.57.